The van der Waals surface area contributed by atoms with Crippen LogP contribution in [-0.2, 0) is 4.74 Å². The second-order valence-electron chi connectivity index (χ2n) is 5.93. The monoisotopic (exact) mass is 288 g/mol. The van der Waals surface area contributed by atoms with Crippen LogP contribution >= 0.6 is 12.2 Å². The zero-order valence-corrected chi connectivity index (χ0v) is 14.2. The average molecular weight is 289 g/mol. The van der Waals surface area contributed by atoms with Gasteiger partial charge in [0.1, 0.15) is 0 Å². The van der Waals surface area contributed by atoms with Crippen molar-refractivity contribution >= 4 is 17.3 Å². The third-order valence-corrected chi connectivity index (χ3v) is 3.44. The molecule has 0 unspecified atom stereocenters. The molecule has 0 aromatic rings. The van der Waals surface area contributed by atoms with Crippen LogP contribution in [0.3, 0.4) is 0 Å². The lowest BCUT2D eigenvalue weighted by Gasteiger charge is -2.27. The molecule has 19 heavy (non-hydrogen) atoms. The summed E-state index contributed by atoms with van der Waals surface area (Å²) in [6.45, 7) is 12.8. The number of thiocarbonyl (C=S) groups is 1. The second kappa shape index (κ2) is 11.5. The molecule has 0 spiro atoms. The van der Waals surface area contributed by atoms with Crippen molar-refractivity contribution in [3.63, 3.8) is 0 Å². The van der Waals surface area contributed by atoms with Crippen LogP contribution in [0, 0.1) is 11.8 Å². The summed E-state index contributed by atoms with van der Waals surface area (Å²) in [7, 11) is 1.73. The summed E-state index contributed by atoms with van der Waals surface area (Å²) in [5, 5.41) is 4.24. The van der Waals surface area contributed by atoms with Crippen molar-refractivity contribution in [3.8, 4) is 0 Å². The highest BCUT2D eigenvalue weighted by Crippen LogP contribution is 2.07. The molecule has 0 saturated heterocycles. The number of rotatable bonds is 10. The van der Waals surface area contributed by atoms with Crippen LogP contribution in [-0.4, -0.2) is 43.4 Å². The first-order valence-corrected chi connectivity index (χ1v) is 7.89. The minimum atomic E-state index is 0.720. The van der Waals surface area contributed by atoms with Crippen molar-refractivity contribution in [3.05, 3.63) is 0 Å². The fourth-order valence-corrected chi connectivity index (χ4v) is 1.95. The highest BCUT2D eigenvalue weighted by Gasteiger charge is 2.10. The molecule has 0 atom stereocenters. The molecule has 0 rings (SSSR count). The summed E-state index contributed by atoms with van der Waals surface area (Å²) in [5.41, 5.74) is 0. The minimum absolute atomic E-state index is 0.720. The molecule has 0 aliphatic carbocycles. The molecule has 3 nitrogen and oxygen atoms in total. The summed E-state index contributed by atoms with van der Waals surface area (Å²) in [6.07, 6.45) is 3.38. The maximum absolute atomic E-state index is 5.50. The summed E-state index contributed by atoms with van der Waals surface area (Å²) in [5.74, 6) is 1.44. The van der Waals surface area contributed by atoms with E-state index in [1.807, 2.05) is 0 Å². The molecule has 0 heterocycles. The fourth-order valence-electron chi connectivity index (χ4n) is 1.67. The van der Waals surface area contributed by atoms with E-state index >= 15 is 0 Å². The number of nitrogens with one attached hydrogen (secondary N) is 1. The van der Waals surface area contributed by atoms with Gasteiger partial charge in [0.25, 0.3) is 0 Å². The largest absolute Gasteiger partial charge is 0.385 e. The number of hydrogen-bond donors (Lipinski definition) is 1. The van der Waals surface area contributed by atoms with Crippen LogP contribution in [0.1, 0.15) is 47.0 Å². The van der Waals surface area contributed by atoms with E-state index in [1.165, 1.54) is 12.8 Å². The summed E-state index contributed by atoms with van der Waals surface area (Å²) in [6, 6.07) is 0. The first-order chi connectivity index (χ1) is 8.97. The van der Waals surface area contributed by atoms with E-state index in [2.05, 4.69) is 37.9 Å². The van der Waals surface area contributed by atoms with Gasteiger partial charge in [-0.1, -0.05) is 27.7 Å². The van der Waals surface area contributed by atoms with Gasteiger partial charge in [0.05, 0.1) is 0 Å². The summed E-state index contributed by atoms with van der Waals surface area (Å²) < 4.78 is 5.05. The molecule has 0 bridgehead atoms. The van der Waals surface area contributed by atoms with Gasteiger partial charge in [0, 0.05) is 33.4 Å². The quantitative estimate of drug-likeness (QED) is 0.492. The molecule has 0 aromatic heterocycles. The predicted octanol–water partition coefficient (Wildman–Crippen LogP) is 3.29. The van der Waals surface area contributed by atoms with E-state index in [1.54, 1.807) is 7.11 Å². The zero-order valence-electron chi connectivity index (χ0n) is 13.4. The van der Waals surface area contributed by atoms with Gasteiger partial charge < -0.3 is 15.0 Å². The Balaban J connectivity index is 4.08. The number of hydrogen-bond acceptors (Lipinski definition) is 2. The van der Waals surface area contributed by atoms with Gasteiger partial charge in [-0.15, -0.1) is 0 Å². The van der Waals surface area contributed by atoms with E-state index in [-0.39, 0.29) is 0 Å². The van der Waals surface area contributed by atoms with E-state index in [0.29, 0.717) is 0 Å². The van der Waals surface area contributed by atoms with E-state index in [0.717, 1.165) is 49.6 Å². The van der Waals surface area contributed by atoms with Gasteiger partial charge in [-0.05, 0) is 43.3 Å². The van der Waals surface area contributed by atoms with Gasteiger partial charge >= 0.3 is 0 Å². The second-order valence-corrected chi connectivity index (χ2v) is 6.32. The molecular formula is C15H32N2OS. The molecule has 1 N–H and O–H groups in total. The van der Waals surface area contributed by atoms with Gasteiger partial charge in [-0.2, -0.15) is 0 Å². The van der Waals surface area contributed by atoms with Crippen LogP contribution in [0.4, 0.5) is 0 Å². The molecule has 0 saturated carbocycles. The Morgan fingerprint density at radius 1 is 1.11 bits per heavy atom. The van der Waals surface area contributed by atoms with Gasteiger partial charge in [-0.25, -0.2) is 0 Å². The van der Waals surface area contributed by atoms with Crippen molar-refractivity contribution in [2.75, 3.05) is 33.4 Å². The standard InChI is InChI=1S/C15H32N2OS/c1-13(2)7-10-17(11-8-14(3)4)15(19)16-9-6-12-18-5/h13-14H,6-12H2,1-5H3,(H,16,19). The molecule has 0 fully saturated rings. The van der Waals surface area contributed by atoms with Gasteiger partial charge in [-0.3, -0.25) is 0 Å². The topological polar surface area (TPSA) is 24.5 Å². The molecule has 4 heteroatoms. The van der Waals surface area contributed by atoms with Crippen LogP contribution in [0.25, 0.3) is 0 Å². The van der Waals surface area contributed by atoms with Crippen LogP contribution in [0.5, 0.6) is 0 Å². The lowest BCUT2D eigenvalue weighted by atomic mass is 10.1. The zero-order chi connectivity index (χ0) is 14.7. The Labute approximate surface area is 125 Å². The van der Waals surface area contributed by atoms with Crippen LogP contribution in [0.15, 0.2) is 0 Å². The molecule has 114 valence electrons. The Hall–Kier alpha value is -0.350. The Kier molecular flexibility index (Phi) is 11.3. The number of ether oxygens (including phenoxy) is 1. The highest BCUT2D eigenvalue weighted by molar-refractivity contribution is 7.80. The van der Waals surface area contributed by atoms with Crippen molar-refractivity contribution in [2.45, 2.75) is 47.0 Å². The van der Waals surface area contributed by atoms with Gasteiger partial charge in [0.15, 0.2) is 5.11 Å². The summed E-state index contributed by atoms with van der Waals surface area (Å²) in [4.78, 5) is 2.32. The average Bonchev–Trinajstić information content (AvgIpc) is 2.33. The molecule has 0 radical (unpaired) electrons. The first kappa shape index (κ1) is 18.7. The van der Waals surface area contributed by atoms with Crippen molar-refractivity contribution in [1.82, 2.24) is 10.2 Å². The Bertz CT molecular complexity index is 220. The number of nitrogens with zero attached hydrogens (tertiary/aromatic N) is 1. The van der Waals surface area contributed by atoms with Crippen molar-refractivity contribution < 1.29 is 4.74 Å². The maximum atomic E-state index is 5.50. The molecule has 0 aliphatic rings. The van der Waals surface area contributed by atoms with E-state index in [4.69, 9.17) is 17.0 Å². The smallest absolute Gasteiger partial charge is 0.168 e. The van der Waals surface area contributed by atoms with Crippen LogP contribution < -0.4 is 5.32 Å². The Morgan fingerprint density at radius 2 is 1.63 bits per heavy atom. The third kappa shape index (κ3) is 11.2. The molecule has 0 aromatic carbocycles. The van der Waals surface area contributed by atoms with E-state index in [9.17, 15) is 0 Å². The maximum Gasteiger partial charge on any atom is 0.168 e. The highest BCUT2D eigenvalue weighted by atomic mass is 32.1. The molecule has 0 amide bonds. The van der Waals surface area contributed by atoms with Gasteiger partial charge in [0.2, 0.25) is 0 Å². The third-order valence-electron chi connectivity index (χ3n) is 3.04. The predicted molar refractivity (Wildman–Crippen MR) is 87.6 cm³/mol. The lowest BCUT2D eigenvalue weighted by molar-refractivity contribution is 0.195. The summed E-state index contributed by atoms with van der Waals surface area (Å²) >= 11 is 5.50. The first-order valence-electron chi connectivity index (χ1n) is 7.49. The normalized spacial score (nSPS) is 11.1. The lowest BCUT2D eigenvalue weighted by Crippen LogP contribution is -2.42. The van der Waals surface area contributed by atoms with E-state index < -0.39 is 0 Å². The fraction of sp³-hybridized carbons (Fsp3) is 0.933. The number of methoxy groups -OCH3 is 1. The van der Waals surface area contributed by atoms with Crippen LogP contribution in [0.2, 0.25) is 0 Å². The Morgan fingerprint density at radius 3 is 2.05 bits per heavy atom. The SMILES string of the molecule is COCCCNC(=S)N(CCC(C)C)CCC(C)C. The van der Waals surface area contributed by atoms with Crippen molar-refractivity contribution in [1.29, 1.82) is 0 Å². The minimum Gasteiger partial charge on any atom is -0.385 e. The van der Waals surface area contributed by atoms with Crippen molar-refractivity contribution in [2.24, 2.45) is 11.8 Å². The molecular weight excluding hydrogens is 256 g/mol. The molecule has 0 aliphatic heterocycles.